The van der Waals surface area contributed by atoms with Gasteiger partial charge in [0, 0.05) is 24.2 Å². The first-order valence-electron chi connectivity index (χ1n) is 6.80. The van der Waals surface area contributed by atoms with Gasteiger partial charge in [-0.3, -0.25) is 10.1 Å². The Kier molecular flexibility index (Phi) is 3.27. The van der Waals surface area contributed by atoms with Crippen LogP contribution in [-0.2, 0) is 0 Å². The average Bonchev–Trinajstić information content (AvgIpc) is 2.82. The fourth-order valence-corrected chi connectivity index (χ4v) is 2.69. The molecule has 4 N–H and O–H groups in total. The smallest absolute Gasteiger partial charge is 0.271 e. The maximum atomic E-state index is 10.8. The molecule has 1 fully saturated rings. The second-order valence-electron chi connectivity index (χ2n) is 5.24. The maximum absolute atomic E-state index is 10.8. The molecule has 1 aliphatic rings. The molecule has 0 radical (unpaired) electrons. The summed E-state index contributed by atoms with van der Waals surface area (Å²) >= 11 is 0. The van der Waals surface area contributed by atoms with Gasteiger partial charge in [-0.05, 0) is 18.9 Å². The van der Waals surface area contributed by atoms with Gasteiger partial charge in [-0.2, -0.15) is 0 Å². The second-order valence-corrected chi connectivity index (χ2v) is 5.24. The molecule has 0 bridgehead atoms. The lowest BCUT2D eigenvalue weighted by molar-refractivity contribution is -0.384. The summed E-state index contributed by atoms with van der Waals surface area (Å²) in [5, 5.41) is 14.1. The Balaban J connectivity index is 1.83. The molecule has 0 spiro atoms. The molecule has 1 aromatic carbocycles. The van der Waals surface area contributed by atoms with E-state index in [2.05, 4.69) is 15.3 Å². The molecule has 7 heteroatoms. The van der Waals surface area contributed by atoms with E-state index in [1.165, 1.54) is 18.6 Å². The van der Waals surface area contributed by atoms with Crippen LogP contribution < -0.4 is 11.1 Å². The third-order valence-corrected chi connectivity index (χ3v) is 3.82. The molecule has 2 atom stereocenters. The van der Waals surface area contributed by atoms with E-state index in [1.807, 2.05) is 0 Å². The minimum absolute atomic E-state index is 0.0575. The first-order chi connectivity index (χ1) is 9.63. The van der Waals surface area contributed by atoms with E-state index in [-0.39, 0.29) is 17.8 Å². The lowest BCUT2D eigenvalue weighted by atomic mass is 9.91. The number of aromatic amines is 1. The van der Waals surface area contributed by atoms with Crippen LogP contribution in [0.3, 0.4) is 0 Å². The van der Waals surface area contributed by atoms with E-state index in [1.54, 1.807) is 6.07 Å². The van der Waals surface area contributed by atoms with Gasteiger partial charge in [0.25, 0.3) is 5.69 Å². The monoisotopic (exact) mass is 275 g/mol. The van der Waals surface area contributed by atoms with Gasteiger partial charge in [0.2, 0.25) is 5.95 Å². The van der Waals surface area contributed by atoms with Crippen LogP contribution in [0.4, 0.5) is 11.6 Å². The maximum Gasteiger partial charge on any atom is 0.271 e. The fraction of sp³-hybridized carbons (Fsp3) is 0.462. The molecular formula is C13H17N5O2. The van der Waals surface area contributed by atoms with Crippen LogP contribution >= 0.6 is 0 Å². The quantitative estimate of drug-likeness (QED) is 0.587. The van der Waals surface area contributed by atoms with E-state index < -0.39 is 4.92 Å². The standard InChI is InChI=1S/C13H17N5O2/c14-9-3-1-2-4-10(9)15-13-16-11-6-5-8(18(19)20)7-12(11)17-13/h5-7,9-10H,1-4,14H2,(H2,15,16,17)/t9-,10+/m0/s1. The molecule has 0 aliphatic heterocycles. The van der Waals surface area contributed by atoms with Gasteiger partial charge in [0.05, 0.1) is 16.0 Å². The Morgan fingerprint density at radius 3 is 2.95 bits per heavy atom. The van der Waals surface area contributed by atoms with Gasteiger partial charge in [0.15, 0.2) is 0 Å². The third kappa shape index (κ3) is 2.44. The van der Waals surface area contributed by atoms with Crippen molar-refractivity contribution >= 4 is 22.7 Å². The van der Waals surface area contributed by atoms with Crippen LogP contribution in [0.2, 0.25) is 0 Å². The summed E-state index contributed by atoms with van der Waals surface area (Å²) < 4.78 is 0. The molecule has 106 valence electrons. The fourth-order valence-electron chi connectivity index (χ4n) is 2.69. The summed E-state index contributed by atoms with van der Waals surface area (Å²) in [4.78, 5) is 17.8. The number of aromatic nitrogens is 2. The van der Waals surface area contributed by atoms with E-state index in [0.29, 0.717) is 17.0 Å². The highest BCUT2D eigenvalue weighted by atomic mass is 16.6. The second kappa shape index (κ2) is 5.09. The van der Waals surface area contributed by atoms with Crippen molar-refractivity contribution in [2.75, 3.05) is 5.32 Å². The predicted octanol–water partition coefficient (Wildman–Crippen LogP) is 2.15. The number of hydrogen-bond donors (Lipinski definition) is 3. The number of nitro groups is 1. The SMILES string of the molecule is N[C@H]1CCCC[C@H]1Nc1nc2ccc([N+](=O)[O-])cc2[nH]1. The number of H-pyrrole nitrogens is 1. The first kappa shape index (κ1) is 12.9. The van der Waals surface area contributed by atoms with Crippen LogP contribution in [0.15, 0.2) is 18.2 Å². The molecule has 1 aliphatic carbocycles. The van der Waals surface area contributed by atoms with Gasteiger partial charge >= 0.3 is 0 Å². The summed E-state index contributed by atoms with van der Waals surface area (Å²) in [6.07, 6.45) is 4.38. The van der Waals surface area contributed by atoms with Gasteiger partial charge in [-0.25, -0.2) is 4.98 Å². The zero-order valence-electron chi connectivity index (χ0n) is 11.0. The summed E-state index contributed by atoms with van der Waals surface area (Å²) in [6.45, 7) is 0. The predicted molar refractivity (Wildman–Crippen MR) is 76.6 cm³/mol. The minimum Gasteiger partial charge on any atom is -0.352 e. The Bertz CT molecular complexity index is 639. The van der Waals surface area contributed by atoms with Crippen molar-refractivity contribution in [2.45, 2.75) is 37.8 Å². The van der Waals surface area contributed by atoms with E-state index in [0.717, 1.165) is 19.3 Å². The van der Waals surface area contributed by atoms with Crippen LogP contribution in [-0.4, -0.2) is 27.0 Å². The number of imidazole rings is 1. The van der Waals surface area contributed by atoms with Crippen molar-refractivity contribution in [3.63, 3.8) is 0 Å². The molecular weight excluding hydrogens is 258 g/mol. The summed E-state index contributed by atoms with van der Waals surface area (Å²) in [7, 11) is 0. The largest absolute Gasteiger partial charge is 0.352 e. The lowest BCUT2D eigenvalue weighted by Crippen LogP contribution is -2.42. The van der Waals surface area contributed by atoms with E-state index >= 15 is 0 Å². The zero-order chi connectivity index (χ0) is 14.1. The van der Waals surface area contributed by atoms with Gasteiger partial charge in [-0.15, -0.1) is 0 Å². The summed E-state index contributed by atoms with van der Waals surface area (Å²) in [5.74, 6) is 0.628. The number of fused-ring (bicyclic) bond motifs is 1. The third-order valence-electron chi connectivity index (χ3n) is 3.82. The van der Waals surface area contributed by atoms with E-state index in [9.17, 15) is 10.1 Å². The van der Waals surface area contributed by atoms with Crippen molar-refractivity contribution in [1.29, 1.82) is 0 Å². The number of nitro benzene ring substituents is 1. The Hall–Kier alpha value is -2.15. The average molecular weight is 275 g/mol. The molecule has 0 saturated heterocycles. The number of benzene rings is 1. The Morgan fingerprint density at radius 2 is 2.20 bits per heavy atom. The Morgan fingerprint density at radius 1 is 1.40 bits per heavy atom. The molecule has 0 unspecified atom stereocenters. The molecule has 3 rings (SSSR count). The van der Waals surface area contributed by atoms with Crippen LogP contribution in [0.1, 0.15) is 25.7 Å². The first-order valence-corrected chi connectivity index (χ1v) is 6.80. The number of hydrogen-bond acceptors (Lipinski definition) is 5. The molecule has 1 saturated carbocycles. The molecule has 20 heavy (non-hydrogen) atoms. The van der Waals surface area contributed by atoms with Crippen LogP contribution in [0, 0.1) is 10.1 Å². The van der Waals surface area contributed by atoms with Crippen molar-refractivity contribution in [2.24, 2.45) is 5.73 Å². The highest BCUT2D eigenvalue weighted by Crippen LogP contribution is 2.23. The topological polar surface area (TPSA) is 110 Å². The molecule has 2 aromatic rings. The highest BCUT2D eigenvalue weighted by molar-refractivity contribution is 5.79. The van der Waals surface area contributed by atoms with Gasteiger partial charge in [0.1, 0.15) is 0 Å². The van der Waals surface area contributed by atoms with Crippen molar-refractivity contribution < 1.29 is 4.92 Å². The van der Waals surface area contributed by atoms with Crippen molar-refractivity contribution in [3.05, 3.63) is 28.3 Å². The summed E-state index contributed by atoms with van der Waals surface area (Å²) in [6, 6.07) is 4.94. The minimum atomic E-state index is -0.412. The molecule has 1 heterocycles. The number of nitrogens with two attached hydrogens (primary N) is 1. The van der Waals surface area contributed by atoms with Crippen LogP contribution in [0.5, 0.6) is 0 Å². The number of non-ortho nitro benzene ring substituents is 1. The molecule has 1 aromatic heterocycles. The van der Waals surface area contributed by atoms with Gasteiger partial charge < -0.3 is 16.0 Å². The molecule has 7 nitrogen and oxygen atoms in total. The molecule has 0 amide bonds. The van der Waals surface area contributed by atoms with Gasteiger partial charge in [-0.1, -0.05) is 12.8 Å². The lowest BCUT2D eigenvalue weighted by Gasteiger charge is -2.29. The number of anilines is 1. The normalized spacial score (nSPS) is 22.9. The number of nitrogens with zero attached hydrogens (tertiary/aromatic N) is 2. The number of nitrogens with one attached hydrogen (secondary N) is 2. The Labute approximate surface area is 115 Å². The van der Waals surface area contributed by atoms with E-state index in [4.69, 9.17) is 5.73 Å². The zero-order valence-corrected chi connectivity index (χ0v) is 11.0. The summed E-state index contributed by atoms with van der Waals surface area (Å²) in [5.41, 5.74) is 7.52. The van der Waals surface area contributed by atoms with Crippen molar-refractivity contribution in [1.82, 2.24) is 9.97 Å². The highest BCUT2D eigenvalue weighted by Gasteiger charge is 2.22. The van der Waals surface area contributed by atoms with Crippen molar-refractivity contribution in [3.8, 4) is 0 Å². The van der Waals surface area contributed by atoms with Crippen LogP contribution in [0.25, 0.3) is 11.0 Å². The number of rotatable bonds is 3.